The first kappa shape index (κ1) is 14.2. The van der Waals surface area contributed by atoms with E-state index in [9.17, 15) is 9.59 Å². The maximum atomic E-state index is 12.2. The van der Waals surface area contributed by atoms with Crippen molar-refractivity contribution in [2.45, 2.75) is 0 Å². The van der Waals surface area contributed by atoms with Crippen molar-refractivity contribution in [1.82, 2.24) is 4.98 Å². The number of hydrogen-bond donors (Lipinski definition) is 1. The summed E-state index contributed by atoms with van der Waals surface area (Å²) in [5.41, 5.74) is 1.70. The van der Waals surface area contributed by atoms with Crippen LogP contribution in [0.25, 0.3) is 10.2 Å². The SMILES string of the molecule is COC(=O)c1ccc(C(=O)Nc2nc3ccccc3s2)cc1. The summed E-state index contributed by atoms with van der Waals surface area (Å²) < 4.78 is 5.63. The second-order valence-corrected chi connectivity index (χ2v) is 5.54. The van der Waals surface area contributed by atoms with Gasteiger partial charge in [0.2, 0.25) is 0 Å². The van der Waals surface area contributed by atoms with Crippen molar-refractivity contribution in [1.29, 1.82) is 0 Å². The van der Waals surface area contributed by atoms with E-state index in [1.807, 2.05) is 24.3 Å². The molecule has 22 heavy (non-hydrogen) atoms. The summed E-state index contributed by atoms with van der Waals surface area (Å²) >= 11 is 1.41. The number of nitrogens with one attached hydrogen (secondary N) is 1. The fourth-order valence-electron chi connectivity index (χ4n) is 1.97. The van der Waals surface area contributed by atoms with E-state index in [1.165, 1.54) is 18.4 Å². The zero-order chi connectivity index (χ0) is 15.5. The van der Waals surface area contributed by atoms with Crippen LogP contribution in [0.1, 0.15) is 20.7 Å². The lowest BCUT2D eigenvalue weighted by atomic mass is 10.1. The number of amides is 1. The van der Waals surface area contributed by atoms with E-state index in [0.717, 1.165) is 10.2 Å². The molecule has 0 fully saturated rings. The Morgan fingerprint density at radius 1 is 1.05 bits per heavy atom. The lowest BCUT2D eigenvalue weighted by molar-refractivity contribution is 0.0600. The molecule has 0 saturated carbocycles. The number of carbonyl (C=O) groups is 2. The molecule has 0 radical (unpaired) electrons. The van der Waals surface area contributed by atoms with Crippen molar-refractivity contribution in [3.8, 4) is 0 Å². The number of ether oxygens (including phenoxy) is 1. The monoisotopic (exact) mass is 312 g/mol. The van der Waals surface area contributed by atoms with Crippen molar-refractivity contribution in [2.75, 3.05) is 12.4 Å². The van der Waals surface area contributed by atoms with Crippen molar-refractivity contribution in [2.24, 2.45) is 0 Å². The van der Waals surface area contributed by atoms with Gasteiger partial charge in [-0.05, 0) is 36.4 Å². The molecule has 110 valence electrons. The molecule has 0 aliphatic rings. The molecule has 2 aromatic carbocycles. The Balaban J connectivity index is 1.77. The summed E-state index contributed by atoms with van der Waals surface area (Å²) in [6, 6.07) is 13.9. The van der Waals surface area contributed by atoms with Gasteiger partial charge >= 0.3 is 5.97 Å². The minimum absolute atomic E-state index is 0.268. The summed E-state index contributed by atoms with van der Waals surface area (Å²) in [6.07, 6.45) is 0. The first-order valence-electron chi connectivity index (χ1n) is 6.52. The highest BCUT2D eigenvalue weighted by Gasteiger charge is 2.11. The molecule has 0 saturated heterocycles. The van der Waals surface area contributed by atoms with Gasteiger partial charge in [0, 0.05) is 5.56 Å². The van der Waals surface area contributed by atoms with Gasteiger partial charge in [-0.15, -0.1) is 0 Å². The van der Waals surface area contributed by atoms with Crippen molar-refractivity contribution in [3.05, 3.63) is 59.7 Å². The molecule has 5 nitrogen and oxygen atoms in total. The van der Waals surface area contributed by atoms with Crippen LogP contribution in [0.4, 0.5) is 5.13 Å². The fraction of sp³-hybridized carbons (Fsp3) is 0.0625. The molecule has 1 aromatic heterocycles. The highest BCUT2D eigenvalue weighted by molar-refractivity contribution is 7.22. The number of carbonyl (C=O) groups excluding carboxylic acids is 2. The number of benzene rings is 2. The minimum atomic E-state index is -0.432. The van der Waals surface area contributed by atoms with Gasteiger partial charge in [0.25, 0.3) is 5.91 Å². The zero-order valence-electron chi connectivity index (χ0n) is 11.7. The molecule has 3 aromatic rings. The molecule has 1 amide bonds. The molecule has 0 aliphatic heterocycles. The van der Waals surface area contributed by atoms with Crippen LogP contribution < -0.4 is 5.32 Å². The Morgan fingerprint density at radius 3 is 2.41 bits per heavy atom. The molecule has 0 bridgehead atoms. The van der Waals surface area contributed by atoms with Crippen LogP contribution in [0, 0.1) is 0 Å². The third-order valence-corrected chi connectivity index (χ3v) is 4.03. The van der Waals surface area contributed by atoms with Gasteiger partial charge in [-0.3, -0.25) is 10.1 Å². The number of methoxy groups -OCH3 is 1. The summed E-state index contributed by atoms with van der Waals surface area (Å²) in [4.78, 5) is 27.9. The van der Waals surface area contributed by atoms with Gasteiger partial charge in [-0.2, -0.15) is 0 Å². The van der Waals surface area contributed by atoms with Crippen LogP contribution >= 0.6 is 11.3 Å². The highest BCUT2D eigenvalue weighted by Crippen LogP contribution is 2.25. The first-order valence-corrected chi connectivity index (χ1v) is 7.34. The Kier molecular flexibility index (Phi) is 3.84. The lowest BCUT2D eigenvalue weighted by Crippen LogP contribution is -2.12. The van der Waals surface area contributed by atoms with Crippen LogP contribution in [0.5, 0.6) is 0 Å². The van der Waals surface area contributed by atoms with Crippen molar-refractivity contribution in [3.63, 3.8) is 0 Å². The number of rotatable bonds is 3. The summed E-state index contributed by atoms with van der Waals surface area (Å²) in [7, 11) is 1.32. The van der Waals surface area contributed by atoms with Gasteiger partial charge in [-0.25, -0.2) is 9.78 Å². The molecule has 0 atom stereocenters. The van der Waals surface area contributed by atoms with Gasteiger partial charge in [0.1, 0.15) is 0 Å². The Bertz CT molecular complexity index is 807. The van der Waals surface area contributed by atoms with E-state index in [-0.39, 0.29) is 5.91 Å². The number of esters is 1. The second-order valence-electron chi connectivity index (χ2n) is 4.51. The summed E-state index contributed by atoms with van der Waals surface area (Å²) in [6.45, 7) is 0. The standard InChI is InChI=1S/C16H12N2O3S/c1-21-15(20)11-8-6-10(7-9-11)14(19)18-16-17-12-4-2-3-5-13(12)22-16/h2-9H,1H3,(H,17,18,19). The second kappa shape index (κ2) is 5.95. The molecule has 1 heterocycles. The first-order chi connectivity index (χ1) is 10.7. The molecule has 0 unspecified atom stereocenters. The maximum absolute atomic E-state index is 12.2. The summed E-state index contributed by atoms with van der Waals surface area (Å²) in [5, 5.41) is 3.31. The number of thiazole rings is 1. The molecule has 0 spiro atoms. The average Bonchev–Trinajstić information content (AvgIpc) is 2.96. The third-order valence-electron chi connectivity index (χ3n) is 3.08. The maximum Gasteiger partial charge on any atom is 0.337 e. The number of aromatic nitrogens is 1. The summed E-state index contributed by atoms with van der Waals surface area (Å²) in [5.74, 6) is -0.700. The molecule has 6 heteroatoms. The van der Waals surface area contributed by atoms with E-state index in [0.29, 0.717) is 16.3 Å². The van der Waals surface area contributed by atoms with Gasteiger partial charge < -0.3 is 4.74 Å². The van der Waals surface area contributed by atoms with Gasteiger partial charge in [0.05, 0.1) is 22.9 Å². The van der Waals surface area contributed by atoms with Crippen LogP contribution in [0.15, 0.2) is 48.5 Å². The highest BCUT2D eigenvalue weighted by atomic mass is 32.1. The Morgan fingerprint density at radius 2 is 1.73 bits per heavy atom. The third kappa shape index (κ3) is 2.82. The molecule has 3 rings (SSSR count). The number of fused-ring (bicyclic) bond motifs is 1. The van der Waals surface area contributed by atoms with E-state index in [1.54, 1.807) is 24.3 Å². The van der Waals surface area contributed by atoms with E-state index in [2.05, 4.69) is 15.0 Å². The van der Waals surface area contributed by atoms with Gasteiger partial charge in [0.15, 0.2) is 5.13 Å². The predicted octanol–water partition coefficient (Wildman–Crippen LogP) is 3.34. The topological polar surface area (TPSA) is 68.3 Å². The number of nitrogens with zero attached hydrogens (tertiary/aromatic N) is 1. The molecular weight excluding hydrogens is 300 g/mol. The van der Waals surface area contributed by atoms with E-state index >= 15 is 0 Å². The fourth-order valence-corrected chi connectivity index (χ4v) is 2.83. The van der Waals surface area contributed by atoms with Crippen molar-refractivity contribution < 1.29 is 14.3 Å². The van der Waals surface area contributed by atoms with Crippen LogP contribution in [0.3, 0.4) is 0 Å². The normalized spacial score (nSPS) is 10.4. The van der Waals surface area contributed by atoms with E-state index in [4.69, 9.17) is 0 Å². The Hall–Kier alpha value is -2.73. The Labute approximate surface area is 130 Å². The molecular formula is C16H12N2O3S. The number of hydrogen-bond acceptors (Lipinski definition) is 5. The zero-order valence-corrected chi connectivity index (χ0v) is 12.5. The van der Waals surface area contributed by atoms with Crippen LogP contribution in [-0.4, -0.2) is 24.0 Å². The quantitative estimate of drug-likeness (QED) is 0.753. The van der Waals surface area contributed by atoms with Crippen LogP contribution in [0.2, 0.25) is 0 Å². The predicted molar refractivity (Wildman–Crippen MR) is 85.4 cm³/mol. The molecule has 1 N–H and O–H groups in total. The number of para-hydroxylation sites is 1. The molecule has 0 aliphatic carbocycles. The smallest absolute Gasteiger partial charge is 0.337 e. The van der Waals surface area contributed by atoms with Crippen molar-refractivity contribution >= 4 is 38.6 Å². The average molecular weight is 312 g/mol. The number of anilines is 1. The lowest BCUT2D eigenvalue weighted by Gasteiger charge is -2.03. The largest absolute Gasteiger partial charge is 0.465 e. The van der Waals surface area contributed by atoms with Crippen LogP contribution in [-0.2, 0) is 4.74 Å². The van der Waals surface area contributed by atoms with Gasteiger partial charge in [-0.1, -0.05) is 23.5 Å². The van der Waals surface area contributed by atoms with E-state index < -0.39 is 5.97 Å². The minimum Gasteiger partial charge on any atom is -0.465 e.